The highest BCUT2D eigenvalue weighted by Gasteiger charge is 2.19. The Morgan fingerprint density at radius 2 is 1.91 bits per heavy atom. The van der Waals surface area contributed by atoms with Crippen molar-refractivity contribution >= 4 is 28.4 Å². The van der Waals surface area contributed by atoms with Gasteiger partial charge in [0.15, 0.2) is 5.16 Å². The van der Waals surface area contributed by atoms with Gasteiger partial charge in [-0.05, 0) is 43.2 Å². The van der Waals surface area contributed by atoms with E-state index in [0.717, 1.165) is 28.1 Å². The van der Waals surface area contributed by atoms with Gasteiger partial charge < -0.3 is 4.42 Å². The van der Waals surface area contributed by atoms with Crippen LogP contribution in [0.15, 0.2) is 63.0 Å². The average Bonchev–Trinajstić information content (AvgIpc) is 3.42. The number of aromatic nitrogens is 5. The van der Waals surface area contributed by atoms with Crippen molar-refractivity contribution in [2.45, 2.75) is 44.5 Å². The van der Waals surface area contributed by atoms with Gasteiger partial charge in [-0.25, -0.2) is 9.55 Å². The molecule has 32 heavy (non-hydrogen) atoms. The van der Waals surface area contributed by atoms with Gasteiger partial charge in [-0.2, -0.15) is 0 Å². The van der Waals surface area contributed by atoms with E-state index in [2.05, 4.69) is 29.0 Å². The highest BCUT2D eigenvalue weighted by Crippen LogP contribution is 2.27. The molecular weight excluding hydrogens is 422 g/mol. The molecule has 0 amide bonds. The van der Waals surface area contributed by atoms with Crippen molar-refractivity contribution in [2.24, 2.45) is 0 Å². The van der Waals surface area contributed by atoms with Crippen LogP contribution in [0, 0.1) is 13.8 Å². The van der Waals surface area contributed by atoms with E-state index in [1.54, 1.807) is 10.8 Å². The van der Waals surface area contributed by atoms with E-state index >= 15 is 0 Å². The van der Waals surface area contributed by atoms with Crippen LogP contribution in [-0.2, 0) is 5.75 Å². The Kier molecular flexibility index (Phi) is 5.09. The minimum Gasteiger partial charge on any atom is -0.445 e. The topological polar surface area (TPSA) is 78.2 Å². The van der Waals surface area contributed by atoms with E-state index in [1.165, 1.54) is 11.8 Å². The number of hydrogen-bond donors (Lipinski definition) is 0. The molecule has 162 valence electrons. The van der Waals surface area contributed by atoms with Crippen molar-refractivity contribution in [2.75, 3.05) is 0 Å². The Morgan fingerprint density at radius 1 is 1.09 bits per heavy atom. The zero-order valence-corrected chi connectivity index (χ0v) is 19.2. The molecule has 0 unspecified atom stereocenters. The molecule has 0 radical (unpaired) electrons. The number of rotatable bonds is 5. The highest BCUT2D eigenvalue weighted by atomic mass is 32.2. The van der Waals surface area contributed by atoms with Crippen molar-refractivity contribution < 1.29 is 4.42 Å². The molecule has 3 aromatic heterocycles. The molecule has 5 rings (SSSR count). The zero-order chi connectivity index (χ0) is 22.4. The molecule has 8 heteroatoms. The number of para-hydroxylation sites is 1. The quantitative estimate of drug-likeness (QED) is 0.352. The van der Waals surface area contributed by atoms with Crippen LogP contribution < -0.4 is 5.56 Å². The minimum atomic E-state index is -0.111. The third-order valence-electron chi connectivity index (χ3n) is 5.47. The van der Waals surface area contributed by atoms with Gasteiger partial charge in [-0.15, -0.1) is 10.2 Å². The van der Waals surface area contributed by atoms with Gasteiger partial charge in [0.05, 0.1) is 28.5 Å². The molecule has 0 aliphatic heterocycles. The second-order valence-electron chi connectivity index (χ2n) is 8.17. The summed E-state index contributed by atoms with van der Waals surface area (Å²) in [5, 5.41) is 10.1. The summed E-state index contributed by atoms with van der Waals surface area (Å²) in [6, 6.07) is 13.6. The number of fused-ring (bicyclic) bond motifs is 3. The maximum absolute atomic E-state index is 13.5. The Balaban J connectivity index is 1.69. The van der Waals surface area contributed by atoms with E-state index in [9.17, 15) is 4.79 Å². The van der Waals surface area contributed by atoms with Crippen LogP contribution in [0.4, 0.5) is 0 Å². The largest absolute Gasteiger partial charge is 0.445 e. The number of nitrogens with zero attached hydrogens (tertiary/aromatic N) is 5. The van der Waals surface area contributed by atoms with Gasteiger partial charge >= 0.3 is 0 Å². The third kappa shape index (κ3) is 3.40. The lowest BCUT2D eigenvalue weighted by Crippen LogP contribution is -2.22. The summed E-state index contributed by atoms with van der Waals surface area (Å²) in [6.07, 6.45) is 1.77. The Bertz CT molecular complexity index is 1510. The summed E-state index contributed by atoms with van der Waals surface area (Å²) >= 11 is 1.48. The van der Waals surface area contributed by atoms with Crippen LogP contribution in [0.3, 0.4) is 0 Å². The first-order valence-corrected chi connectivity index (χ1v) is 11.5. The molecule has 3 heterocycles. The summed E-state index contributed by atoms with van der Waals surface area (Å²) in [6.45, 7) is 8.15. The Labute approximate surface area is 189 Å². The van der Waals surface area contributed by atoms with Crippen LogP contribution in [0.2, 0.25) is 0 Å². The molecule has 0 atom stereocenters. The molecule has 0 bridgehead atoms. The number of hydrogen-bond acceptors (Lipinski definition) is 6. The van der Waals surface area contributed by atoms with Gasteiger partial charge in [0.25, 0.3) is 5.56 Å². The monoisotopic (exact) mass is 445 g/mol. The van der Waals surface area contributed by atoms with Gasteiger partial charge in [0, 0.05) is 5.92 Å². The first-order valence-electron chi connectivity index (χ1n) is 10.5. The van der Waals surface area contributed by atoms with E-state index < -0.39 is 0 Å². The van der Waals surface area contributed by atoms with Gasteiger partial charge in [-0.3, -0.25) is 9.20 Å². The van der Waals surface area contributed by atoms with E-state index in [0.29, 0.717) is 28.0 Å². The molecule has 0 spiro atoms. The molecule has 0 saturated heterocycles. The minimum absolute atomic E-state index is 0.111. The van der Waals surface area contributed by atoms with Crippen LogP contribution in [0.1, 0.15) is 42.5 Å². The highest BCUT2D eigenvalue weighted by molar-refractivity contribution is 7.98. The van der Waals surface area contributed by atoms with Crippen LogP contribution >= 0.6 is 11.8 Å². The maximum Gasteiger partial charge on any atom is 0.267 e. The van der Waals surface area contributed by atoms with Crippen molar-refractivity contribution in [1.29, 1.82) is 0 Å². The van der Waals surface area contributed by atoms with Gasteiger partial charge in [-0.1, -0.05) is 49.9 Å². The van der Waals surface area contributed by atoms with Crippen molar-refractivity contribution in [3.63, 3.8) is 0 Å². The lowest BCUT2D eigenvalue weighted by Gasteiger charge is -2.13. The third-order valence-corrected chi connectivity index (χ3v) is 6.38. The summed E-state index contributed by atoms with van der Waals surface area (Å²) in [5.74, 6) is 2.79. The predicted molar refractivity (Wildman–Crippen MR) is 126 cm³/mol. The van der Waals surface area contributed by atoms with Gasteiger partial charge in [0.2, 0.25) is 11.7 Å². The molecule has 0 aliphatic carbocycles. The number of aryl methyl sites for hydroxylation is 2. The first-order chi connectivity index (χ1) is 15.4. The second-order valence-corrected chi connectivity index (χ2v) is 9.11. The molecule has 0 saturated carbocycles. The fourth-order valence-corrected chi connectivity index (χ4v) is 4.53. The SMILES string of the molecule is Cc1ccc(C)c(-n2c(=O)c3ccccc3n3c(SCc4ncc(C(C)C)o4)nnc23)c1. The van der Waals surface area contributed by atoms with Gasteiger partial charge in [0.1, 0.15) is 5.76 Å². The van der Waals surface area contributed by atoms with E-state index in [4.69, 9.17) is 4.42 Å². The Hall–Kier alpha value is -3.39. The second kappa shape index (κ2) is 7.94. The van der Waals surface area contributed by atoms with E-state index in [1.807, 2.05) is 60.7 Å². The summed E-state index contributed by atoms with van der Waals surface area (Å²) in [5.41, 5.74) is 3.54. The Morgan fingerprint density at radius 3 is 2.69 bits per heavy atom. The first kappa shape index (κ1) is 20.5. The number of thioether (sulfide) groups is 1. The van der Waals surface area contributed by atoms with Crippen LogP contribution in [0.25, 0.3) is 22.4 Å². The maximum atomic E-state index is 13.5. The lowest BCUT2D eigenvalue weighted by atomic mass is 10.1. The van der Waals surface area contributed by atoms with Crippen LogP contribution in [0.5, 0.6) is 0 Å². The fourth-order valence-electron chi connectivity index (χ4n) is 3.73. The smallest absolute Gasteiger partial charge is 0.267 e. The molecule has 5 aromatic rings. The molecule has 0 aliphatic rings. The van der Waals surface area contributed by atoms with Crippen molar-refractivity contribution in [3.05, 3.63) is 81.8 Å². The molecule has 0 N–H and O–H groups in total. The molecule has 0 fully saturated rings. The summed E-state index contributed by atoms with van der Waals surface area (Å²) < 4.78 is 9.44. The fraction of sp³-hybridized carbons (Fsp3) is 0.250. The summed E-state index contributed by atoms with van der Waals surface area (Å²) in [4.78, 5) is 17.9. The lowest BCUT2D eigenvalue weighted by molar-refractivity contribution is 0.453. The molecule has 2 aromatic carbocycles. The summed E-state index contributed by atoms with van der Waals surface area (Å²) in [7, 11) is 0. The average molecular weight is 446 g/mol. The van der Waals surface area contributed by atoms with E-state index in [-0.39, 0.29) is 11.5 Å². The van der Waals surface area contributed by atoms with Crippen LogP contribution in [-0.4, -0.2) is 24.1 Å². The van der Waals surface area contributed by atoms with Crippen molar-refractivity contribution in [3.8, 4) is 5.69 Å². The van der Waals surface area contributed by atoms with Crippen molar-refractivity contribution in [1.82, 2.24) is 24.1 Å². The number of oxazole rings is 1. The normalized spacial score (nSPS) is 11.8. The standard InChI is InChI=1S/C24H23N5O2S/c1-14(2)20-12-25-21(31-20)13-32-24-27-26-23-28(19-11-15(3)9-10-16(19)4)22(30)17-7-5-6-8-18(17)29(23)24/h5-12,14H,13H2,1-4H3. The predicted octanol–water partition coefficient (Wildman–Crippen LogP) is 5.05. The number of benzene rings is 2. The zero-order valence-electron chi connectivity index (χ0n) is 18.4. The molecular formula is C24H23N5O2S. The molecule has 7 nitrogen and oxygen atoms in total.